The lowest BCUT2D eigenvalue weighted by Crippen LogP contribution is -2.46. The van der Waals surface area contributed by atoms with E-state index in [2.05, 4.69) is 6.92 Å². The third kappa shape index (κ3) is 1.78. The van der Waals surface area contributed by atoms with Crippen molar-refractivity contribution in [3.05, 3.63) is 0 Å². The van der Waals surface area contributed by atoms with E-state index in [0.717, 1.165) is 32.2 Å². The maximum atomic E-state index is 12.0. The lowest BCUT2D eigenvalue weighted by molar-refractivity contribution is -0.137. The fraction of sp³-hybridized carbons (Fsp3) is 0.909. The van der Waals surface area contributed by atoms with E-state index < -0.39 is 0 Å². The Balaban J connectivity index is 1.96. The number of carbonyl (C=O) groups is 1. The average molecular weight is 197 g/mol. The van der Waals surface area contributed by atoms with Gasteiger partial charge in [0.25, 0.3) is 0 Å². The topological polar surface area (TPSA) is 40.5 Å². The SMILES string of the molecule is CC1CC1C(=O)N1CCCCC1CO. The van der Waals surface area contributed by atoms with Gasteiger partial charge in [0.2, 0.25) is 5.91 Å². The minimum atomic E-state index is 0.101. The highest BCUT2D eigenvalue weighted by Crippen LogP contribution is 2.40. The number of hydrogen-bond donors (Lipinski definition) is 1. The first-order chi connectivity index (χ1) is 6.74. The van der Waals surface area contributed by atoms with Crippen molar-refractivity contribution in [3.63, 3.8) is 0 Å². The summed E-state index contributed by atoms with van der Waals surface area (Å²) in [6.45, 7) is 3.11. The van der Waals surface area contributed by atoms with Crippen LogP contribution in [-0.2, 0) is 4.79 Å². The Bertz CT molecular complexity index is 229. The standard InChI is InChI=1S/C11H19NO2/c1-8-6-10(8)11(14)12-5-3-2-4-9(12)7-13/h8-10,13H,2-7H2,1H3. The molecule has 0 bridgehead atoms. The van der Waals surface area contributed by atoms with Gasteiger partial charge in [-0.05, 0) is 31.6 Å². The number of rotatable bonds is 2. The summed E-state index contributed by atoms with van der Waals surface area (Å²) in [6, 6.07) is 0.101. The van der Waals surface area contributed by atoms with Gasteiger partial charge >= 0.3 is 0 Å². The number of aliphatic hydroxyl groups is 1. The van der Waals surface area contributed by atoms with E-state index in [0.29, 0.717) is 5.92 Å². The summed E-state index contributed by atoms with van der Waals surface area (Å²) in [7, 11) is 0. The van der Waals surface area contributed by atoms with Crippen LogP contribution in [0, 0.1) is 11.8 Å². The molecule has 2 fully saturated rings. The smallest absolute Gasteiger partial charge is 0.226 e. The summed E-state index contributed by atoms with van der Waals surface area (Å²) < 4.78 is 0. The molecule has 1 heterocycles. The first kappa shape index (κ1) is 9.97. The molecule has 1 aliphatic carbocycles. The molecule has 1 aliphatic heterocycles. The number of piperidine rings is 1. The van der Waals surface area contributed by atoms with Crippen molar-refractivity contribution in [2.45, 2.75) is 38.6 Å². The molecule has 0 aromatic heterocycles. The third-order valence-electron chi connectivity index (χ3n) is 3.55. The summed E-state index contributed by atoms with van der Waals surface area (Å²) in [5.41, 5.74) is 0. The van der Waals surface area contributed by atoms with Gasteiger partial charge in [0.15, 0.2) is 0 Å². The zero-order valence-corrected chi connectivity index (χ0v) is 8.78. The summed E-state index contributed by atoms with van der Waals surface area (Å²) in [4.78, 5) is 13.9. The molecule has 0 radical (unpaired) electrons. The Kier molecular flexibility index (Phi) is 2.77. The molecule has 1 saturated carbocycles. The molecule has 1 N–H and O–H groups in total. The Morgan fingerprint density at radius 2 is 2.21 bits per heavy atom. The zero-order valence-electron chi connectivity index (χ0n) is 8.78. The molecular weight excluding hydrogens is 178 g/mol. The van der Waals surface area contributed by atoms with E-state index in [4.69, 9.17) is 0 Å². The monoisotopic (exact) mass is 197 g/mol. The van der Waals surface area contributed by atoms with Gasteiger partial charge in [-0.15, -0.1) is 0 Å². The van der Waals surface area contributed by atoms with Crippen molar-refractivity contribution in [1.82, 2.24) is 4.90 Å². The van der Waals surface area contributed by atoms with E-state index in [-0.39, 0.29) is 24.5 Å². The molecule has 2 aliphatic rings. The van der Waals surface area contributed by atoms with E-state index in [1.165, 1.54) is 0 Å². The third-order valence-corrected chi connectivity index (χ3v) is 3.55. The predicted octanol–water partition coefficient (Wildman–Crippen LogP) is 1.02. The van der Waals surface area contributed by atoms with Gasteiger partial charge < -0.3 is 10.0 Å². The molecule has 0 spiro atoms. The van der Waals surface area contributed by atoms with Crippen LogP contribution in [0.3, 0.4) is 0 Å². The van der Waals surface area contributed by atoms with Crippen LogP contribution in [0.25, 0.3) is 0 Å². The Labute approximate surface area is 85.1 Å². The van der Waals surface area contributed by atoms with E-state index >= 15 is 0 Å². The minimum absolute atomic E-state index is 0.101. The fourth-order valence-electron chi connectivity index (χ4n) is 2.36. The van der Waals surface area contributed by atoms with Gasteiger partial charge in [-0.25, -0.2) is 0 Å². The van der Waals surface area contributed by atoms with Crippen LogP contribution < -0.4 is 0 Å². The Morgan fingerprint density at radius 3 is 2.79 bits per heavy atom. The predicted molar refractivity (Wildman–Crippen MR) is 53.7 cm³/mol. The molecule has 3 atom stereocenters. The van der Waals surface area contributed by atoms with Crippen LogP contribution in [0.4, 0.5) is 0 Å². The largest absolute Gasteiger partial charge is 0.394 e. The second-order valence-electron chi connectivity index (χ2n) is 4.68. The number of hydrogen-bond acceptors (Lipinski definition) is 2. The van der Waals surface area contributed by atoms with Crippen molar-refractivity contribution in [1.29, 1.82) is 0 Å². The number of amides is 1. The molecule has 3 heteroatoms. The highest BCUT2D eigenvalue weighted by atomic mass is 16.3. The molecule has 1 saturated heterocycles. The van der Waals surface area contributed by atoms with Gasteiger partial charge in [-0.1, -0.05) is 6.92 Å². The van der Waals surface area contributed by atoms with Crippen LogP contribution >= 0.6 is 0 Å². The van der Waals surface area contributed by atoms with Gasteiger partial charge in [-0.3, -0.25) is 4.79 Å². The maximum absolute atomic E-state index is 12.0. The van der Waals surface area contributed by atoms with Crippen LogP contribution in [0.15, 0.2) is 0 Å². The van der Waals surface area contributed by atoms with Crippen molar-refractivity contribution >= 4 is 5.91 Å². The lowest BCUT2D eigenvalue weighted by atomic mass is 10.0. The Hall–Kier alpha value is -0.570. The van der Waals surface area contributed by atoms with Crippen LogP contribution in [0.5, 0.6) is 0 Å². The number of likely N-dealkylation sites (tertiary alicyclic amines) is 1. The van der Waals surface area contributed by atoms with Crippen molar-refractivity contribution in [2.75, 3.05) is 13.2 Å². The average Bonchev–Trinajstić information content (AvgIpc) is 2.94. The molecular formula is C11H19NO2. The second kappa shape index (κ2) is 3.89. The highest BCUT2D eigenvalue weighted by molar-refractivity contribution is 5.82. The van der Waals surface area contributed by atoms with Crippen molar-refractivity contribution in [2.24, 2.45) is 11.8 Å². The summed E-state index contributed by atoms with van der Waals surface area (Å²) in [6.07, 6.45) is 4.27. The van der Waals surface area contributed by atoms with Crippen LogP contribution in [-0.4, -0.2) is 35.1 Å². The summed E-state index contributed by atoms with van der Waals surface area (Å²) in [5, 5.41) is 9.18. The quantitative estimate of drug-likeness (QED) is 0.718. The Morgan fingerprint density at radius 1 is 1.50 bits per heavy atom. The molecule has 2 rings (SSSR count). The van der Waals surface area contributed by atoms with Gasteiger partial charge in [-0.2, -0.15) is 0 Å². The number of carbonyl (C=O) groups excluding carboxylic acids is 1. The number of nitrogens with zero attached hydrogens (tertiary/aromatic N) is 1. The zero-order chi connectivity index (χ0) is 10.1. The number of aliphatic hydroxyl groups excluding tert-OH is 1. The van der Waals surface area contributed by atoms with E-state index in [1.54, 1.807) is 0 Å². The van der Waals surface area contributed by atoms with Crippen LogP contribution in [0.2, 0.25) is 0 Å². The lowest BCUT2D eigenvalue weighted by Gasteiger charge is -2.34. The maximum Gasteiger partial charge on any atom is 0.226 e. The summed E-state index contributed by atoms with van der Waals surface area (Å²) in [5.74, 6) is 1.13. The molecule has 0 aromatic carbocycles. The molecule has 0 aromatic rings. The normalized spacial score (nSPS) is 37.0. The molecule has 3 nitrogen and oxygen atoms in total. The molecule has 14 heavy (non-hydrogen) atoms. The fourth-order valence-corrected chi connectivity index (χ4v) is 2.36. The van der Waals surface area contributed by atoms with E-state index in [9.17, 15) is 9.90 Å². The second-order valence-corrected chi connectivity index (χ2v) is 4.68. The summed E-state index contributed by atoms with van der Waals surface area (Å²) >= 11 is 0. The first-order valence-electron chi connectivity index (χ1n) is 5.65. The minimum Gasteiger partial charge on any atom is -0.394 e. The molecule has 80 valence electrons. The van der Waals surface area contributed by atoms with Gasteiger partial charge in [0, 0.05) is 12.5 Å². The van der Waals surface area contributed by atoms with Gasteiger partial charge in [0.1, 0.15) is 0 Å². The molecule has 3 unspecified atom stereocenters. The van der Waals surface area contributed by atoms with E-state index in [1.807, 2.05) is 4.90 Å². The molecule has 1 amide bonds. The first-order valence-corrected chi connectivity index (χ1v) is 5.65. The van der Waals surface area contributed by atoms with Gasteiger partial charge in [0.05, 0.1) is 12.6 Å². The van der Waals surface area contributed by atoms with Crippen LogP contribution in [0.1, 0.15) is 32.6 Å². The van der Waals surface area contributed by atoms with Crippen molar-refractivity contribution in [3.8, 4) is 0 Å². The van der Waals surface area contributed by atoms with Crippen molar-refractivity contribution < 1.29 is 9.90 Å². The highest BCUT2D eigenvalue weighted by Gasteiger charge is 2.43.